The molecule has 88 valence electrons. The van der Waals surface area contributed by atoms with E-state index in [0.717, 1.165) is 38.4 Å². The van der Waals surface area contributed by atoms with Crippen LogP contribution in [0.15, 0.2) is 24.3 Å². The zero-order valence-electron chi connectivity index (χ0n) is 9.23. The average Bonchev–Trinajstić information content (AvgIpc) is 2.31. The Balaban J connectivity index is 1.91. The molecular formula is C12H17FN2O. The van der Waals surface area contributed by atoms with E-state index in [4.69, 9.17) is 10.5 Å². The standard InChI is InChI=1S/C12H17FN2O/c13-11-3-1-10(2-4-11)12(14)9-15-5-7-16-8-6-15/h1-4,12H,5-9,14H2/t12-/m1/s1. The number of nitrogens with zero attached hydrogens (tertiary/aromatic N) is 1. The molecule has 1 aromatic rings. The molecule has 0 amide bonds. The Morgan fingerprint density at radius 2 is 1.88 bits per heavy atom. The zero-order chi connectivity index (χ0) is 11.4. The normalized spacial score (nSPS) is 19.6. The number of benzene rings is 1. The van der Waals surface area contributed by atoms with Gasteiger partial charge >= 0.3 is 0 Å². The van der Waals surface area contributed by atoms with Crippen molar-refractivity contribution in [2.75, 3.05) is 32.8 Å². The lowest BCUT2D eigenvalue weighted by molar-refractivity contribution is 0.0352. The minimum Gasteiger partial charge on any atom is -0.379 e. The number of nitrogens with two attached hydrogens (primary N) is 1. The lowest BCUT2D eigenvalue weighted by Gasteiger charge is -2.29. The highest BCUT2D eigenvalue weighted by Gasteiger charge is 2.14. The van der Waals surface area contributed by atoms with E-state index in [9.17, 15) is 4.39 Å². The van der Waals surface area contributed by atoms with Crippen LogP contribution in [0.5, 0.6) is 0 Å². The molecule has 1 heterocycles. The quantitative estimate of drug-likeness (QED) is 0.837. The Kier molecular flexibility index (Phi) is 3.88. The Morgan fingerprint density at radius 3 is 2.50 bits per heavy atom. The molecule has 1 saturated heterocycles. The summed E-state index contributed by atoms with van der Waals surface area (Å²) in [6, 6.07) is 6.35. The fourth-order valence-electron chi connectivity index (χ4n) is 1.88. The maximum absolute atomic E-state index is 12.7. The average molecular weight is 224 g/mol. The molecule has 0 saturated carbocycles. The zero-order valence-corrected chi connectivity index (χ0v) is 9.23. The van der Waals surface area contributed by atoms with E-state index >= 15 is 0 Å². The molecule has 1 atom stereocenters. The van der Waals surface area contributed by atoms with Gasteiger partial charge in [-0.25, -0.2) is 4.39 Å². The van der Waals surface area contributed by atoms with Crippen molar-refractivity contribution in [3.05, 3.63) is 35.6 Å². The van der Waals surface area contributed by atoms with E-state index in [0.29, 0.717) is 0 Å². The van der Waals surface area contributed by atoms with E-state index in [-0.39, 0.29) is 11.9 Å². The summed E-state index contributed by atoms with van der Waals surface area (Å²) in [5.41, 5.74) is 7.05. The molecule has 0 radical (unpaired) electrons. The third kappa shape index (κ3) is 3.01. The fraction of sp³-hybridized carbons (Fsp3) is 0.500. The van der Waals surface area contributed by atoms with Gasteiger partial charge in [0.05, 0.1) is 13.2 Å². The van der Waals surface area contributed by atoms with Crippen LogP contribution in [0, 0.1) is 5.82 Å². The summed E-state index contributed by atoms with van der Waals surface area (Å²) in [6.45, 7) is 4.20. The van der Waals surface area contributed by atoms with Crippen LogP contribution in [0.25, 0.3) is 0 Å². The van der Waals surface area contributed by atoms with Crippen LogP contribution >= 0.6 is 0 Å². The third-order valence-corrected chi connectivity index (χ3v) is 2.86. The van der Waals surface area contributed by atoms with Gasteiger partial charge in [0, 0.05) is 25.7 Å². The van der Waals surface area contributed by atoms with Gasteiger partial charge in [0.25, 0.3) is 0 Å². The fourth-order valence-corrected chi connectivity index (χ4v) is 1.88. The molecule has 0 aliphatic carbocycles. The van der Waals surface area contributed by atoms with Gasteiger partial charge in [-0.3, -0.25) is 4.90 Å². The van der Waals surface area contributed by atoms with E-state index in [2.05, 4.69) is 4.90 Å². The molecule has 4 heteroatoms. The summed E-state index contributed by atoms with van der Waals surface area (Å²) in [5.74, 6) is -0.220. The van der Waals surface area contributed by atoms with Crippen molar-refractivity contribution < 1.29 is 9.13 Å². The molecular weight excluding hydrogens is 207 g/mol. The highest BCUT2D eigenvalue weighted by molar-refractivity contribution is 5.19. The molecule has 1 aromatic carbocycles. The predicted molar refractivity (Wildman–Crippen MR) is 60.6 cm³/mol. The molecule has 1 fully saturated rings. The molecule has 0 aromatic heterocycles. The summed E-state index contributed by atoms with van der Waals surface area (Å²) in [6.07, 6.45) is 0. The van der Waals surface area contributed by atoms with Crippen LogP contribution in [0.3, 0.4) is 0 Å². The molecule has 0 spiro atoms. The number of morpholine rings is 1. The van der Waals surface area contributed by atoms with Crippen LogP contribution in [0.1, 0.15) is 11.6 Å². The third-order valence-electron chi connectivity index (χ3n) is 2.86. The largest absolute Gasteiger partial charge is 0.379 e. The van der Waals surface area contributed by atoms with Crippen molar-refractivity contribution in [2.45, 2.75) is 6.04 Å². The second-order valence-corrected chi connectivity index (χ2v) is 4.07. The van der Waals surface area contributed by atoms with Crippen LogP contribution in [0.4, 0.5) is 4.39 Å². The summed E-state index contributed by atoms with van der Waals surface area (Å²) >= 11 is 0. The molecule has 2 N–H and O–H groups in total. The van der Waals surface area contributed by atoms with Gasteiger partial charge in [-0.05, 0) is 17.7 Å². The van der Waals surface area contributed by atoms with Crippen molar-refractivity contribution in [3.8, 4) is 0 Å². The van der Waals surface area contributed by atoms with Crippen LogP contribution in [0.2, 0.25) is 0 Å². The van der Waals surface area contributed by atoms with Gasteiger partial charge < -0.3 is 10.5 Å². The molecule has 1 aliphatic rings. The Hall–Kier alpha value is -0.970. The van der Waals surface area contributed by atoms with Crippen molar-refractivity contribution in [1.29, 1.82) is 0 Å². The topological polar surface area (TPSA) is 38.5 Å². The first-order valence-corrected chi connectivity index (χ1v) is 5.57. The number of rotatable bonds is 3. The van der Waals surface area contributed by atoms with Gasteiger partial charge in [-0.1, -0.05) is 12.1 Å². The maximum atomic E-state index is 12.7. The van der Waals surface area contributed by atoms with Crippen molar-refractivity contribution in [1.82, 2.24) is 4.90 Å². The van der Waals surface area contributed by atoms with Crippen LogP contribution in [-0.2, 0) is 4.74 Å². The Morgan fingerprint density at radius 1 is 1.25 bits per heavy atom. The van der Waals surface area contributed by atoms with E-state index in [1.807, 2.05) is 0 Å². The monoisotopic (exact) mass is 224 g/mol. The molecule has 16 heavy (non-hydrogen) atoms. The first kappa shape index (κ1) is 11.5. The van der Waals surface area contributed by atoms with E-state index < -0.39 is 0 Å². The first-order chi connectivity index (χ1) is 7.75. The maximum Gasteiger partial charge on any atom is 0.123 e. The summed E-state index contributed by atoms with van der Waals surface area (Å²) in [7, 11) is 0. The number of hydrogen-bond acceptors (Lipinski definition) is 3. The van der Waals surface area contributed by atoms with Gasteiger partial charge in [0.2, 0.25) is 0 Å². The molecule has 2 rings (SSSR count). The lowest BCUT2D eigenvalue weighted by Crippen LogP contribution is -2.40. The second-order valence-electron chi connectivity index (χ2n) is 4.07. The summed E-state index contributed by atoms with van der Waals surface area (Å²) < 4.78 is 18.0. The Labute approximate surface area is 95.0 Å². The van der Waals surface area contributed by atoms with E-state index in [1.54, 1.807) is 12.1 Å². The van der Waals surface area contributed by atoms with Crippen LogP contribution < -0.4 is 5.73 Å². The SMILES string of the molecule is N[C@H](CN1CCOCC1)c1ccc(F)cc1. The smallest absolute Gasteiger partial charge is 0.123 e. The minimum atomic E-state index is -0.220. The van der Waals surface area contributed by atoms with Crippen LogP contribution in [-0.4, -0.2) is 37.7 Å². The van der Waals surface area contributed by atoms with E-state index in [1.165, 1.54) is 12.1 Å². The van der Waals surface area contributed by atoms with Gasteiger partial charge in [-0.15, -0.1) is 0 Å². The Bertz CT molecular complexity index is 322. The number of halogens is 1. The van der Waals surface area contributed by atoms with Crippen molar-refractivity contribution in [3.63, 3.8) is 0 Å². The molecule has 1 aliphatic heterocycles. The number of hydrogen-bond donors (Lipinski definition) is 1. The summed E-state index contributed by atoms with van der Waals surface area (Å²) in [4.78, 5) is 2.28. The lowest BCUT2D eigenvalue weighted by atomic mass is 10.1. The van der Waals surface area contributed by atoms with Gasteiger partial charge in [0.15, 0.2) is 0 Å². The highest BCUT2D eigenvalue weighted by atomic mass is 19.1. The first-order valence-electron chi connectivity index (χ1n) is 5.57. The number of ether oxygens (including phenoxy) is 1. The van der Waals surface area contributed by atoms with Crippen molar-refractivity contribution in [2.24, 2.45) is 5.73 Å². The highest BCUT2D eigenvalue weighted by Crippen LogP contribution is 2.13. The molecule has 3 nitrogen and oxygen atoms in total. The second kappa shape index (κ2) is 5.39. The molecule has 0 bridgehead atoms. The minimum absolute atomic E-state index is 0.0568. The summed E-state index contributed by atoms with van der Waals surface area (Å²) in [5, 5.41) is 0. The van der Waals surface area contributed by atoms with Gasteiger partial charge in [-0.2, -0.15) is 0 Å². The molecule has 0 unspecified atom stereocenters. The van der Waals surface area contributed by atoms with Gasteiger partial charge in [0.1, 0.15) is 5.82 Å². The van der Waals surface area contributed by atoms with Crippen molar-refractivity contribution >= 4 is 0 Å². The predicted octanol–water partition coefficient (Wildman–Crippen LogP) is 1.16.